The number of nitrogens with zero attached hydrogens (tertiary/aromatic N) is 3. The summed E-state index contributed by atoms with van der Waals surface area (Å²) in [6.45, 7) is 2.71. The van der Waals surface area contributed by atoms with Gasteiger partial charge >= 0.3 is 5.69 Å². The van der Waals surface area contributed by atoms with Gasteiger partial charge in [0.05, 0.1) is 11.4 Å². The van der Waals surface area contributed by atoms with E-state index in [-0.39, 0.29) is 35.1 Å². The second-order valence-corrected chi connectivity index (χ2v) is 10.2. The van der Waals surface area contributed by atoms with E-state index < -0.39 is 27.2 Å². The van der Waals surface area contributed by atoms with Gasteiger partial charge in [-0.2, -0.15) is 4.31 Å². The Morgan fingerprint density at radius 1 is 1.06 bits per heavy atom. The zero-order valence-corrected chi connectivity index (χ0v) is 20.1. The summed E-state index contributed by atoms with van der Waals surface area (Å²) < 4.78 is 28.5. The largest absolute Gasteiger partial charge is 0.383 e. The van der Waals surface area contributed by atoms with Crippen molar-refractivity contribution in [1.29, 1.82) is 0 Å². The number of sulfonamides is 1. The van der Waals surface area contributed by atoms with Crippen LogP contribution in [0, 0.1) is 0 Å². The first kappa shape index (κ1) is 24.4. The molecular formula is C24H27N5O5S. The van der Waals surface area contributed by atoms with Crippen LogP contribution in [-0.4, -0.2) is 47.8 Å². The summed E-state index contributed by atoms with van der Waals surface area (Å²) in [5.74, 6) is -0.758. The molecule has 3 aromatic rings. The van der Waals surface area contributed by atoms with Crippen molar-refractivity contribution in [2.45, 2.75) is 31.2 Å². The first-order valence-electron chi connectivity index (χ1n) is 11.3. The van der Waals surface area contributed by atoms with Crippen molar-refractivity contribution >= 4 is 27.4 Å². The number of carbonyl (C=O) groups is 1. The summed E-state index contributed by atoms with van der Waals surface area (Å²) in [6.07, 6.45) is 1.59. The third kappa shape index (κ3) is 4.77. The number of rotatable bonds is 7. The van der Waals surface area contributed by atoms with Gasteiger partial charge in [-0.25, -0.2) is 13.2 Å². The van der Waals surface area contributed by atoms with Crippen LogP contribution in [0.2, 0.25) is 0 Å². The fourth-order valence-electron chi connectivity index (χ4n) is 4.19. The third-order valence-electron chi connectivity index (χ3n) is 6.01. The quantitative estimate of drug-likeness (QED) is 0.509. The van der Waals surface area contributed by atoms with Crippen molar-refractivity contribution in [2.75, 3.05) is 30.3 Å². The Morgan fingerprint density at radius 3 is 2.40 bits per heavy atom. The van der Waals surface area contributed by atoms with Gasteiger partial charge in [-0.1, -0.05) is 36.4 Å². The molecule has 35 heavy (non-hydrogen) atoms. The van der Waals surface area contributed by atoms with E-state index in [1.807, 2.05) is 30.3 Å². The Bertz CT molecular complexity index is 1460. The number of anilines is 2. The van der Waals surface area contributed by atoms with Gasteiger partial charge in [-0.15, -0.1) is 0 Å². The zero-order valence-electron chi connectivity index (χ0n) is 19.3. The molecular weight excluding hydrogens is 470 g/mol. The number of nitrogen functional groups attached to an aromatic ring is 1. The van der Waals surface area contributed by atoms with Crippen LogP contribution in [0.25, 0.3) is 0 Å². The number of nitrogens with one attached hydrogen (secondary N) is 1. The Hall–Kier alpha value is -3.70. The van der Waals surface area contributed by atoms with Crippen molar-refractivity contribution in [1.82, 2.24) is 13.9 Å². The van der Waals surface area contributed by atoms with Crippen molar-refractivity contribution in [3.8, 4) is 0 Å². The average Bonchev–Trinajstić information content (AvgIpc) is 3.41. The molecule has 2 heterocycles. The third-order valence-corrected chi connectivity index (χ3v) is 7.91. The van der Waals surface area contributed by atoms with Crippen LogP contribution in [0.3, 0.4) is 0 Å². The lowest BCUT2D eigenvalue weighted by Crippen LogP contribution is -2.41. The van der Waals surface area contributed by atoms with Crippen LogP contribution in [0.1, 0.15) is 35.7 Å². The fourth-order valence-corrected chi connectivity index (χ4v) is 5.75. The van der Waals surface area contributed by atoms with E-state index >= 15 is 0 Å². The minimum atomic E-state index is -3.73. The van der Waals surface area contributed by atoms with Crippen LogP contribution >= 0.6 is 0 Å². The van der Waals surface area contributed by atoms with Crippen LogP contribution in [0.15, 0.2) is 69.1 Å². The van der Waals surface area contributed by atoms with Gasteiger partial charge in [-0.3, -0.25) is 19.1 Å². The summed E-state index contributed by atoms with van der Waals surface area (Å²) >= 11 is 0. The van der Waals surface area contributed by atoms with Gasteiger partial charge in [0, 0.05) is 25.2 Å². The molecule has 1 fully saturated rings. The molecule has 0 aliphatic carbocycles. The molecule has 3 N–H and O–H groups in total. The Morgan fingerprint density at radius 2 is 1.74 bits per heavy atom. The lowest BCUT2D eigenvalue weighted by atomic mass is 10.2. The highest BCUT2D eigenvalue weighted by molar-refractivity contribution is 7.89. The Kier molecular flexibility index (Phi) is 6.90. The molecule has 4 rings (SSSR count). The second kappa shape index (κ2) is 9.88. The molecule has 1 amide bonds. The highest BCUT2D eigenvalue weighted by Gasteiger charge is 2.29. The maximum absolute atomic E-state index is 13.5. The van der Waals surface area contributed by atoms with Crippen molar-refractivity contribution in [2.24, 2.45) is 0 Å². The molecule has 10 nitrogen and oxygen atoms in total. The van der Waals surface area contributed by atoms with Crippen molar-refractivity contribution in [3.05, 3.63) is 86.6 Å². The zero-order chi connectivity index (χ0) is 25.2. The van der Waals surface area contributed by atoms with Gasteiger partial charge < -0.3 is 10.6 Å². The van der Waals surface area contributed by atoms with Crippen LogP contribution in [-0.2, 0) is 16.6 Å². The van der Waals surface area contributed by atoms with Gasteiger partial charge in [0.15, 0.2) is 5.69 Å². The molecule has 0 unspecified atom stereocenters. The molecule has 184 valence electrons. The van der Waals surface area contributed by atoms with Gasteiger partial charge in [-0.05, 0) is 43.5 Å². The number of hydrogen-bond acceptors (Lipinski definition) is 6. The lowest BCUT2D eigenvalue weighted by Gasteiger charge is -2.23. The fraction of sp³-hybridized carbons (Fsp3) is 0.292. The Balaban J connectivity index is 1.73. The smallest absolute Gasteiger partial charge is 0.330 e. The van der Waals surface area contributed by atoms with E-state index in [9.17, 15) is 22.8 Å². The van der Waals surface area contributed by atoms with E-state index in [0.29, 0.717) is 13.1 Å². The summed E-state index contributed by atoms with van der Waals surface area (Å²) in [5, 5.41) is 0. The molecule has 1 aromatic heterocycles. The molecule has 0 atom stereocenters. The number of amides is 1. The first-order chi connectivity index (χ1) is 16.7. The molecule has 0 spiro atoms. The summed E-state index contributed by atoms with van der Waals surface area (Å²) in [4.78, 5) is 42.1. The summed E-state index contributed by atoms with van der Waals surface area (Å²) in [5.41, 5.74) is 5.47. The highest BCUT2D eigenvalue weighted by Crippen LogP contribution is 2.24. The maximum Gasteiger partial charge on any atom is 0.330 e. The van der Waals surface area contributed by atoms with Crippen LogP contribution in [0.5, 0.6) is 0 Å². The summed E-state index contributed by atoms with van der Waals surface area (Å²) in [7, 11) is -3.73. The van der Waals surface area contributed by atoms with Crippen molar-refractivity contribution < 1.29 is 13.2 Å². The van der Waals surface area contributed by atoms with Gasteiger partial charge in [0.25, 0.3) is 11.5 Å². The monoisotopic (exact) mass is 497 g/mol. The summed E-state index contributed by atoms with van der Waals surface area (Å²) in [6, 6.07) is 14.8. The van der Waals surface area contributed by atoms with E-state index in [0.717, 1.165) is 23.3 Å². The van der Waals surface area contributed by atoms with E-state index in [2.05, 4.69) is 4.98 Å². The number of nitrogens with two attached hydrogens (primary N) is 1. The second-order valence-electron chi connectivity index (χ2n) is 8.25. The molecule has 1 saturated heterocycles. The average molecular weight is 498 g/mol. The lowest BCUT2D eigenvalue weighted by molar-refractivity contribution is 0.0987. The number of H-pyrrole nitrogens is 1. The van der Waals surface area contributed by atoms with Gasteiger partial charge in [0.2, 0.25) is 10.0 Å². The van der Waals surface area contributed by atoms with E-state index in [4.69, 9.17) is 5.73 Å². The number of aromatic nitrogens is 2. The van der Waals surface area contributed by atoms with Crippen molar-refractivity contribution in [3.63, 3.8) is 0 Å². The molecule has 0 saturated carbocycles. The molecule has 11 heteroatoms. The number of aromatic amines is 1. The first-order valence-corrected chi connectivity index (χ1v) is 12.8. The molecule has 1 aliphatic rings. The van der Waals surface area contributed by atoms with E-state index in [1.165, 1.54) is 33.1 Å². The molecule has 2 aromatic carbocycles. The maximum atomic E-state index is 13.5. The molecule has 1 aliphatic heterocycles. The normalized spacial score (nSPS) is 14.2. The number of carbonyl (C=O) groups excluding carboxylic acids is 1. The molecule has 0 bridgehead atoms. The van der Waals surface area contributed by atoms with E-state index in [1.54, 1.807) is 6.92 Å². The molecule has 0 radical (unpaired) electrons. The topological polar surface area (TPSA) is 139 Å². The minimum absolute atomic E-state index is 0.0113. The highest BCUT2D eigenvalue weighted by atomic mass is 32.2. The van der Waals surface area contributed by atoms with Gasteiger partial charge in [0.1, 0.15) is 5.82 Å². The Labute approximate surface area is 202 Å². The predicted octanol–water partition coefficient (Wildman–Crippen LogP) is 1.62. The number of benzene rings is 2. The predicted molar refractivity (Wildman–Crippen MR) is 133 cm³/mol. The minimum Gasteiger partial charge on any atom is -0.383 e. The SMILES string of the molecule is CCN(C(=O)c1cccc(S(=O)(=O)N2CCCC2)c1)c1c(N)n(Cc2ccccc2)c(=O)[nH]c1=O. The number of hydrogen-bond donors (Lipinski definition) is 2. The standard InChI is InChI=1S/C24H27N5O5S/c1-2-28(20-21(25)29(24(32)26-22(20)30)16-17-9-4-3-5-10-17)23(31)18-11-8-12-19(15-18)35(33,34)27-13-6-7-14-27/h3-5,8-12,15H,2,6-7,13-14,16,25H2,1H3,(H,26,30,32). The van der Waals surface area contributed by atoms with Crippen LogP contribution in [0.4, 0.5) is 11.5 Å². The van der Waals surface area contributed by atoms with Crippen LogP contribution < -0.4 is 21.9 Å².